The quantitative estimate of drug-likeness (QED) is 0.709. The van der Waals surface area contributed by atoms with Crippen LogP contribution in [0.5, 0.6) is 0 Å². The summed E-state index contributed by atoms with van der Waals surface area (Å²) in [6, 6.07) is 12.0. The number of nitrogens with two attached hydrogens (primary N) is 1. The highest BCUT2D eigenvalue weighted by Gasteiger charge is 2.07. The number of nitrogen functional groups attached to an aromatic ring is 1. The fourth-order valence-electron chi connectivity index (χ4n) is 1.99. The maximum Gasteiger partial charge on any atom is 0.158 e. The van der Waals surface area contributed by atoms with Gasteiger partial charge in [-0.1, -0.05) is 29.8 Å². The highest BCUT2D eigenvalue weighted by molar-refractivity contribution is 5.65. The van der Waals surface area contributed by atoms with Crippen molar-refractivity contribution in [2.24, 2.45) is 0 Å². The molecule has 0 aliphatic rings. The number of anilines is 1. The molecule has 0 unspecified atom stereocenters. The van der Waals surface area contributed by atoms with Crippen LogP contribution in [0.4, 0.5) is 5.82 Å². The second-order valence-electron chi connectivity index (χ2n) is 4.49. The first-order chi connectivity index (χ1) is 8.63. The zero-order valence-electron chi connectivity index (χ0n) is 10.4. The van der Waals surface area contributed by atoms with Gasteiger partial charge in [-0.3, -0.25) is 0 Å². The number of benzene rings is 1. The van der Waals surface area contributed by atoms with Crippen molar-refractivity contribution in [2.45, 2.75) is 13.8 Å². The predicted molar refractivity (Wildman–Crippen MR) is 72.3 cm³/mol. The Hall–Kier alpha value is -2.36. The molecule has 0 amide bonds. The van der Waals surface area contributed by atoms with Crippen molar-refractivity contribution < 1.29 is 0 Å². The average molecular weight is 238 g/mol. The van der Waals surface area contributed by atoms with Crippen LogP contribution in [0.15, 0.2) is 36.4 Å². The second kappa shape index (κ2) is 3.84. The largest absolute Gasteiger partial charge is 0.384 e. The van der Waals surface area contributed by atoms with Crippen LogP contribution in [0.25, 0.3) is 16.9 Å². The van der Waals surface area contributed by atoms with Gasteiger partial charge in [0.25, 0.3) is 0 Å². The van der Waals surface area contributed by atoms with Gasteiger partial charge in [-0.2, -0.15) is 9.61 Å². The van der Waals surface area contributed by atoms with Crippen molar-refractivity contribution in [1.82, 2.24) is 14.6 Å². The van der Waals surface area contributed by atoms with Crippen molar-refractivity contribution >= 4 is 11.5 Å². The number of rotatable bonds is 1. The van der Waals surface area contributed by atoms with Gasteiger partial charge in [0.1, 0.15) is 5.82 Å². The van der Waals surface area contributed by atoms with Crippen LogP contribution in [0, 0.1) is 13.8 Å². The minimum atomic E-state index is 0.607. The van der Waals surface area contributed by atoms with E-state index in [1.807, 2.05) is 19.1 Å². The topological polar surface area (TPSA) is 56.2 Å². The van der Waals surface area contributed by atoms with Crippen LogP contribution in [0.1, 0.15) is 11.3 Å². The van der Waals surface area contributed by atoms with Crippen molar-refractivity contribution in [1.29, 1.82) is 0 Å². The Labute approximate surface area is 105 Å². The lowest BCUT2D eigenvalue weighted by atomic mass is 10.1. The molecule has 90 valence electrons. The molecule has 0 atom stereocenters. The first kappa shape index (κ1) is 10.8. The molecule has 4 nitrogen and oxygen atoms in total. The summed E-state index contributed by atoms with van der Waals surface area (Å²) >= 11 is 0. The van der Waals surface area contributed by atoms with Crippen molar-refractivity contribution in [2.75, 3.05) is 5.73 Å². The van der Waals surface area contributed by atoms with E-state index in [0.29, 0.717) is 5.82 Å². The SMILES string of the molecule is Cc1ccc(-c2cc3nc(C)cc(N)n3n2)cc1. The standard InChI is InChI=1S/C14H14N4/c1-9-3-5-11(6-4-9)12-8-14-16-10(2)7-13(15)18(14)17-12/h3-8H,15H2,1-2H3. The van der Waals surface area contributed by atoms with Crippen LogP contribution >= 0.6 is 0 Å². The Balaban J connectivity index is 2.19. The average Bonchev–Trinajstić information content (AvgIpc) is 2.74. The fourth-order valence-corrected chi connectivity index (χ4v) is 1.99. The Morgan fingerprint density at radius 1 is 1.06 bits per heavy atom. The lowest BCUT2D eigenvalue weighted by Gasteiger charge is -1.99. The van der Waals surface area contributed by atoms with Gasteiger partial charge in [0, 0.05) is 23.4 Å². The molecule has 18 heavy (non-hydrogen) atoms. The lowest BCUT2D eigenvalue weighted by molar-refractivity contribution is 0.946. The third kappa shape index (κ3) is 1.72. The molecule has 0 spiro atoms. The number of hydrogen-bond acceptors (Lipinski definition) is 3. The Bertz CT molecular complexity index is 710. The third-order valence-corrected chi connectivity index (χ3v) is 2.93. The van der Waals surface area contributed by atoms with E-state index in [0.717, 1.165) is 22.6 Å². The predicted octanol–water partition coefficient (Wildman–Crippen LogP) is 2.60. The van der Waals surface area contributed by atoms with Gasteiger partial charge in [0.15, 0.2) is 5.65 Å². The monoisotopic (exact) mass is 238 g/mol. The van der Waals surface area contributed by atoms with Gasteiger partial charge in [0.05, 0.1) is 5.69 Å². The van der Waals surface area contributed by atoms with Crippen LogP contribution in [-0.4, -0.2) is 14.6 Å². The number of nitrogens with zero attached hydrogens (tertiary/aromatic N) is 3. The second-order valence-corrected chi connectivity index (χ2v) is 4.49. The van der Waals surface area contributed by atoms with Gasteiger partial charge in [0.2, 0.25) is 0 Å². The molecule has 0 fully saturated rings. The highest BCUT2D eigenvalue weighted by Crippen LogP contribution is 2.21. The summed E-state index contributed by atoms with van der Waals surface area (Å²) in [5.41, 5.74) is 10.8. The van der Waals surface area contributed by atoms with E-state index >= 15 is 0 Å². The zero-order chi connectivity index (χ0) is 12.7. The molecule has 0 aliphatic carbocycles. The van der Waals surface area contributed by atoms with Crippen LogP contribution in [0.2, 0.25) is 0 Å². The minimum absolute atomic E-state index is 0.607. The molecule has 2 N–H and O–H groups in total. The maximum atomic E-state index is 5.93. The molecule has 0 saturated carbocycles. The summed E-state index contributed by atoms with van der Waals surface area (Å²) in [5.74, 6) is 0.607. The molecular weight excluding hydrogens is 224 g/mol. The van der Waals surface area contributed by atoms with Gasteiger partial charge >= 0.3 is 0 Å². The zero-order valence-corrected chi connectivity index (χ0v) is 10.4. The number of hydrogen-bond donors (Lipinski definition) is 1. The first-order valence-corrected chi connectivity index (χ1v) is 5.83. The van der Waals surface area contributed by atoms with E-state index in [9.17, 15) is 0 Å². The first-order valence-electron chi connectivity index (χ1n) is 5.83. The normalized spacial score (nSPS) is 11.0. The van der Waals surface area contributed by atoms with E-state index in [4.69, 9.17) is 5.73 Å². The summed E-state index contributed by atoms with van der Waals surface area (Å²) in [6.07, 6.45) is 0. The summed E-state index contributed by atoms with van der Waals surface area (Å²) in [4.78, 5) is 4.42. The molecule has 0 radical (unpaired) electrons. The number of aryl methyl sites for hydroxylation is 2. The Morgan fingerprint density at radius 3 is 2.50 bits per heavy atom. The highest BCUT2D eigenvalue weighted by atomic mass is 15.3. The molecule has 2 heterocycles. The van der Waals surface area contributed by atoms with Crippen molar-refractivity contribution in [3.8, 4) is 11.3 Å². The lowest BCUT2D eigenvalue weighted by Crippen LogP contribution is -2.00. The summed E-state index contributed by atoms with van der Waals surface area (Å²) in [6.45, 7) is 3.99. The Morgan fingerprint density at radius 2 is 1.78 bits per heavy atom. The summed E-state index contributed by atoms with van der Waals surface area (Å²) in [7, 11) is 0. The molecule has 0 bridgehead atoms. The maximum absolute atomic E-state index is 5.93. The summed E-state index contributed by atoms with van der Waals surface area (Å²) < 4.78 is 1.67. The summed E-state index contributed by atoms with van der Waals surface area (Å²) in [5, 5.41) is 4.48. The van der Waals surface area contributed by atoms with E-state index in [1.54, 1.807) is 4.52 Å². The van der Waals surface area contributed by atoms with Gasteiger partial charge in [-0.05, 0) is 13.8 Å². The molecule has 2 aromatic heterocycles. The van der Waals surface area contributed by atoms with Gasteiger partial charge in [-0.15, -0.1) is 0 Å². The van der Waals surface area contributed by atoms with E-state index < -0.39 is 0 Å². The van der Waals surface area contributed by atoms with Gasteiger partial charge in [-0.25, -0.2) is 4.98 Å². The van der Waals surface area contributed by atoms with E-state index in [2.05, 4.69) is 41.3 Å². The smallest absolute Gasteiger partial charge is 0.158 e. The molecule has 4 heteroatoms. The fraction of sp³-hybridized carbons (Fsp3) is 0.143. The molecule has 3 aromatic rings. The minimum Gasteiger partial charge on any atom is -0.384 e. The van der Waals surface area contributed by atoms with E-state index in [1.165, 1.54) is 5.56 Å². The van der Waals surface area contributed by atoms with Crippen LogP contribution in [-0.2, 0) is 0 Å². The van der Waals surface area contributed by atoms with Crippen molar-refractivity contribution in [3.05, 3.63) is 47.7 Å². The Kier molecular flexibility index (Phi) is 2.30. The third-order valence-electron chi connectivity index (χ3n) is 2.93. The molecule has 1 aromatic carbocycles. The molecule has 3 rings (SSSR count). The molecular formula is C14H14N4. The van der Waals surface area contributed by atoms with Gasteiger partial charge < -0.3 is 5.73 Å². The van der Waals surface area contributed by atoms with E-state index in [-0.39, 0.29) is 0 Å². The van der Waals surface area contributed by atoms with Crippen LogP contribution < -0.4 is 5.73 Å². The number of aromatic nitrogens is 3. The van der Waals surface area contributed by atoms with Crippen LogP contribution in [0.3, 0.4) is 0 Å². The molecule has 0 saturated heterocycles. The molecule has 0 aliphatic heterocycles. The van der Waals surface area contributed by atoms with Crippen molar-refractivity contribution in [3.63, 3.8) is 0 Å². The number of fused-ring (bicyclic) bond motifs is 1.